The largest absolute Gasteiger partial charge is 0.304 e. The summed E-state index contributed by atoms with van der Waals surface area (Å²) in [6, 6.07) is 7.27. The maximum atomic E-state index is 11.2. The third-order valence-corrected chi connectivity index (χ3v) is 2.05. The van der Waals surface area contributed by atoms with Crippen LogP contribution in [0.2, 0.25) is 0 Å². The van der Waals surface area contributed by atoms with Gasteiger partial charge in [-0.05, 0) is 11.6 Å². The number of hydrogen-bond donors (Lipinski definition) is 2. The van der Waals surface area contributed by atoms with Crippen LogP contribution in [0.15, 0.2) is 24.3 Å². The normalized spacial score (nSPS) is 16.7. The lowest BCUT2D eigenvalue weighted by Gasteiger charge is -2.13. The van der Waals surface area contributed by atoms with Crippen LogP contribution in [0.5, 0.6) is 0 Å². The van der Waals surface area contributed by atoms with Crippen LogP contribution in [-0.4, -0.2) is 17.7 Å². The molecule has 2 N–H and O–H groups in total. The van der Waals surface area contributed by atoms with Crippen molar-refractivity contribution < 1.29 is 10.0 Å². The fraction of sp³-hybridized carbons (Fsp3) is 0.222. The first-order valence-corrected chi connectivity index (χ1v) is 4.09. The van der Waals surface area contributed by atoms with Crippen LogP contribution in [0.4, 0.5) is 5.69 Å². The maximum Gasteiger partial charge on any atom is 0.264 e. The number of hydroxylamine groups is 1. The zero-order valence-corrected chi connectivity index (χ0v) is 7.03. The molecule has 1 heterocycles. The summed E-state index contributed by atoms with van der Waals surface area (Å²) in [5.74, 6) is -0.329. The summed E-state index contributed by atoms with van der Waals surface area (Å²) in [5.41, 5.74) is 1.49. The summed E-state index contributed by atoms with van der Waals surface area (Å²) in [6.07, 6.45) is 0. The van der Waals surface area contributed by atoms with Gasteiger partial charge in [0.05, 0.1) is 12.2 Å². The first-order chi connectivity index (χ1) is 6.29. The van der Waals surface area contributed by atoms with E-state index in [4.69, 9.17) is 0 Å². The number of nitrogens with one attached hydrogen (secondary N) is 1. The highest BCUT2D eigenvalue weighted by Gasteiger charge is 2.19. The topological polar surface area (TPSA) is 52.6 Å². The molecular formula is C9H10N2O2. The number of carbonyl (C=O) groups excluding carboxylic acids is 1. The van der Waals surface area contributed by atoms with Crippen molar-refractivity contribution in [1.29, 1.82) is 0 Å². The second-order valence-electron chi connectivity index (χ2n) is 2.94. The molecule has 0 spiro atoms. The second-order valence-corrected chi connectivity index (χ2v) is 2.94. The Balaban J connectivity index is 2.46. The molecule has 0 aromatic heterocycles. The predicted octanol–water partition coefficient (Wildman–Crippen LogP) is 0.512. The number of fused-ring (bicyclic) bond motifs is 1. The van der Waals surface area contributed by atoms with Gasteiger partial charge in [-0.3, -0.25) is 10.0 Å². The molecule has 1 aliphatic rings. The second kappa shape index (κ2) is 3.16. The van der Waals surface area contributed by atoms with E-state index < -0.39 is 0 Å². The molecule has 0 unspecified atom stereocenters. The van der Waals surface area contributed by atoms with Gasteiger partial charge in [0.25, 0.3) is 5.91 Å². The van der Waals surface area contributed by atoms with E-state index in [1.807, 2.05) is 12.1 Å². The molecule has 4 nitrogen and oxygen atoms in total. The molecular weight excluding hydrogens is 168 g/mol. The minimum Gasteiger partial charge on any atom is -0.304 e. The molecule has 0 fully saturated rings. The molecule has 1 aliphatic heterocycles. The highest BCUT2D eigenvalue weighted by molar-refractivity contribution is 5.93. The van der Waals surface area contributed by atoms with Gasteiger partial charge < -0.3 is 5.32 Å². The van der Waals surface area contributed by atoms with Gasteiger partial charge in [0.1, 0.15) is 0 Å². The average Bonchev–Trinajstić information content (AvgIpc) is 2.29. The molecule has 0 radical (unpaired) electrons. The number of carbonyl (C=O) groups is 1. The Morgan fingerprint density at radius 2 is 2.08 bits per heavy atom. The summed E-state index contributed by atoms with van der Waals surface area (Å²) in [7, 11) is 0. The van der Waals surface area contributed by atoms with Gasteiger partial charge in [-0.1, -0.05) is 18.2 Å². The third kappa shape index (κ3) is 1.41. The number of amides is 1. The van der Waals surface area contributed by atoms with Crippen molar-refractivity contribution in [2.24, 2.45) is 0 Å². The lowest BCUT2D eigenvalue weighted by atomic mass is 10.2. The van der Waals surface area contributed by atoms with Gasteiger partial charge in [0, 0.05) is 6.54 Å². The first kappa shape index (κ1) is 8.22. The van der Waals surface area contributed by atoms with Crippen LogP contribution in [0, 0.1) is 0 Å². The van der Waals surface area contributed by atoms with Crippen molar-refractivity contribution in [3.8, 4) is 0 Å². The van der Waals surface area contributed by atoms with Crippen LogP contribution in [0.25, 0.3) is 0 Å². The van der Waals surface area contributed by atoms with Crippen molar-refractivity contribution in [2.75, 3.05) is 11.6 Å². The molecule has 2 rings (SSSR count). The number of anilines is 1. The smallest absolute Gasteiger partial charge is 0.264 e. The Bertz CT molecular complexity index is 338. The van der Waals surface area contributed by atoms with Crippen molar-refractivity contribution in [3.05, 3.63) is 29.8 Å². The number of para-hydroxylation sites is 1. The zero-order valence-electron chi connectivity index (χ0n) is 7.03. The van der Waals surface area contributed by atoms with Gasteiger partial charge in [-0.25, -0.2) is 0 Å². The summed E-state index contributed by atoms with van der Waals surface area (Å²) in [5, 5.41) is 13.1. The highest BCUT2D eigenvalue weighted by atomic mass is 16.5. The van der Waals surface area contributed by atoms with E-state index >= 15 is 0 Å². The fourth-order valence-corrected chi connectivity index (χ4v) is 1.38. The Morgan fingerprint density at radius 1 is 1.31 bits per heavy atom. The highest BCUT2D eigenvalue weighted by Crippen LogP contribution is 2.20. The monoisotopic (exact) mass is 178 g/mol. The molecule has 0 bridgehead atoms. The molecule has 0 saturated heterocycles. The lowest BCUT2D eigenvalue weighted by molar-refractivity contribution is -0.122. The van der Waals surface area contributed by atoms with Crippen molar-refractivity contribution in [2.45, 2.75) is 6.54 Å². The lowest BCUT2D eigenvalue weighted by Crippen LogP contribution is -2.32. The molecule has 0 aliphatic carbocycles. The van der Waals surface area contributed by atoms with Crippen LogP contribution in [0.3, 0.4) is 0 Å². The minimum absolute atomic E-state index is 0.172. The Labute approximate surface area is 75.7 Å². The fourth-order valence-electron chi connectivity index (χ4n) is 1.38. The summed E-state index contributed by atoms with van der Waals surface area (Å²) < 4.78 is 0. The predicted molar refractivity (Wildman–Crippen MR) is 47.4 cm³/mol. The number of benzene rings is 1. The van der Waals surface area contributed by atoms with E-state index in [2.05, 4.69) is 5.32 Å². The average molecular weight is 178 g/mol. The number of nitrogens with zero attached hydrogens (tertiary/aromatic N) is 1. The van der Waals surface area contributed by atoms with Gasteiger partial charge in [-0.2, -0.15) is 5.06 Å². The first-order valence-electron chi connectivity index (χ1n) is 4.09. The summed E-state index contributed by atoms with van der Waals surface area (Å²) >= 11 is 0. The molecule has 0 saturated carbocycles. The zero-order chi connectivity index (χ0) is 9.26. The summed E-state index contributed by atoms with van der Waals surface area (Å²) in [4.78, 5) is 11.2. The van der Waals surface area contributed by atoms with E-state index in [0.717, 1.165) is 5.56 Å². The summed E-state index contributed by atoms with van der Waals surface area (Å²) in [6.45, 7) is 0.782. The molecule has 1 aromatic rings. The standard InChI is InChI=1S/C9H10N2O2/c12-9-6-10-5-7-3-1-2-4-8(7)11(9)13/h1-4,10,13H,5-6H2. The Hall–Kier alpha value is -1.39. The van der Waals surface area contributed by atoms with Crippen LogP contribution < -0.4 is 10.4 Å². The van der Waals surface area contributed by atoms with E-state index in [-0.39, 0.29) is 12.5 Å². The Morgan fingerprint density at radius 3 is 2.92 bits per heavy atom. The third-order valence-electron chi connectivity index (χ3n) is 2.05. The molecule has 1 aromatic carbocycles. The van der Waals surface area contributed by atoms with Gasteiger partial charge in [-0.15, -0.1) is 0 Å². The SMILES string of the molecule is O=C1CNCc2ccccc2N1O. The van der Waals surface area contributed by atoms with Crippen LogP contribution in [0.1, 0.15) is 5.56 Å². The van der Waals surface area contributed by atoms with E-state index in [1.165, 1.54) is 0 Å². The van der Waals surface area contributed by atoms with Gasteiger partial charge >= 0.3 is 0 Å². The minimum atomic E-state index is -0.329. The van der Waals surface area contributed by atoms with Crippen molar-refractivity contribution in [3.63, 3.8) is 0 Å². The van der Waals surface area contributed by atoms with Gasteiger partial charge in [0.2, 0.25) is 0 Å². The van der Waals surface area contributed by atoms with Crippen molar-refractivity contribution in [1.82, 2.24) is 5.32 Å². The number of rotatable bonds is 0. The molecule has 13 heavy (non-hydrogen) atoms. The molecule has 68 valence electrons. The Kier molecular flexibility index (Phi) is 2.00. The quantitative estimate of drug-likeness (QED) is 0.569. The van der Waals surface area contributed by atoms with E-state index in [0.29, 0.717) is 17.3 Å². The van der Waals surface area contributed by atoms with E-state index in [9.17, 15) is 10.0 Å². The number of hydrogen-bond acceptors (Lipinski definition) is 3. The van der Waals surface area contributed by atoms with E-state index in [1.54, 1.807) is 12.1 Å². The van der Waals surface area contributed by atoms with Crippen molar-refractivity contribution >= 4 is 11.6 Å². The van der Waals surface area contributed by atoms with Crippen LogP contribution in [-0.2, 0) is 11.3 Å². The van der Waals surface area contributed by atoms with Crippen LogP contribution >= 0.6 is 0 Å². The molecule has 0 atom stereocenters. The molecule has 1 amide bonds. The maximum absolute atomic E-state index is 11.2. The van der Waals surface area contributed by atoms with Gasteiger partial charge in [0.15, 0.2) is 0 Å². The molecule has 4 heteroatoms.